The van der Waals surface area contributed by atoms with Gasteiger partial charge in [0.15, 0.2) is 0 Å². The van der Waals surface area contributed by atoms with Crippen molar-refractivity contribution in [1.29, 1.82) is 0 Å². The number of rotatable bonds is 4. The Morgan fingerprint density at radius 1 is 0.808 bits per heavy atom. The summed E-state index contributed by atoms with van der Waals surface area (Å²) in [6.45, 7) is 0. The third-order valence-electron chi connectivity index (χ3n) is 6.06. The highest BCUT2D eigenvalue weighted by Crippen LogP contribution is 2.58. The van der Waals surface area contributed by atoms with Crippen molar-refractivity contribution >= 4 is 0 Å². The van der Waals surface area contributed by atoms with Crippen LogP contribution in [0.1, 0.15) is 53.5 Å². The molecule has 0 saturated heterocycles. The molecule has 1 fully saturated rings. The third kappa shape index (κ3) is 2.47. The van der Waals surface area contributed by atoms with Crippen molar-refractivity contribution < 1.29 is 4.74 Å². The maximum atomic E-state index is 5.96. The van der Waals surface area contributed by atoms with Gasteiger partial charge < -0.3 is 4.74 Å². The molecule has 5 rings (SSSR count). The molecule has 2 nitrogen and oxygen atoms in total. The van der Waals surface area contributed by atoms with Gasteiger partial charge in [-0.2, -0.15) is 0 Å². The SMILES string of the molecule is COc1c2c(c([C@H]3C[C@@H]3c3ccccc3)n1-c1ccccc1)CCCC2. The Labute approximate surface area is 155 Å². The molecule has 0 radical (unpaired) electrons. The van der Waals surface area contributed by atoms with Crippen LogP contribution in [0.2, 0.25) is 0 Å². The van der Waals surface area contributed by atoms with Gasteiger partial charge in [0.1, 0.15) is 0 Å². The van der Waals surface area contributed by atoms with Gasteiger partial charge in [0.2, 0.25) is 5.88 Å². The number of methoxy groups -OCH3 is 1. The second kappa shape index (κ2) is 6.35. The van der Waals surface area contributed by atoms with Crippen molar-refractivity contribution in [2.75, 3.05) is 7.11 Å². The first-order valence-corrected chi connectivity index (χ1v) is 9.79. The molecule has 26 heavy (non-hydrogen) atoms. The highest BCUT2D eigenvalue weighted by molar-refractivity contribution is 5.55. The van der Waals surface area contributed by atoms with Crippen LogP contribution in [-0.4, -0.2) is 11.7 Å². The molecule has 1 heterocycles. The Bertz CT molecular complexity index is 910. The predicted octanol–water partition coefficient (Wildman–Crippen LogP) is 5.64. The number of nitrogens with zero attached hydrogens (tertiary/aromatic N) is 1. The van der Waals surface area contributed by atoms with E-state index in [9.17, 15) is 0 Å². The van der Waals surface area contributed by atoms with Gasteiger partial charge in [0.05, 0.1) is 7.11 Å². The first kappa shape index (κ1) is 15.7. The number of hydrogen-bond donors (Lipinski definition) is 0. The maximum Gasteiger partial charge on any atom is 0.201 e. The first-order valence-electron chi connectivity index (χ1n) is 9.79. The average Bonchev–Trinajstić information content (AvgIpc) is 3.43. The number of fused-ring (bicyclic) bond motifs is 1. The summed E-state index contributed by atoms with van der Waals surface area (Å²) in [6, 6.07) is 21.7. The topological polar surface area (TPSA) is 14.2 Å². The molecule has 2 aromatic carbocycles. The van der Waals surface area contributed by atoms with Crippen LogP contribution < -0.4 is 4.74 Å². The minimum Gasteiger partial charge on any atom is -0.482 e. The van der Waals surface area contributed by atoms with E-state index in [4.69, 9.17) is 4.74 Å². The molecule has 0 amide bonds. The molecular weight excluding hydrogens is 318 g/mol. The normalized spacial score (nSPS) is 21.3. The molecule has 0 bridgehead atoms. The molecular formula is C24H25NO. The molecule has 2 heteroatoms. The Hall–Kier alpha value is -2.48. The van der Waals surface area contributed by atoms with Crippen molar-refractivity contribution in [3.05, 3.63) is 83.0 Å². The van der Waals surface area contributed by atoms with Crippen LogP contribution in [0.4, 0.5) is 0 Å². The highest BCUT2D eigenvalue weighted by atomic mass is 16.5. The molecule has 2 atom stereocenters. The minimum absolute atomic E-state index is 0.605. The van der Waals surface area contributed by atoms with E-state index in [1.54, 1.807) is 5.56 Å². The van der Waals surface area contributed by atoms with E-state index in [-0.39, 0.29) is 0 Å². The van der Waals surface area contributed by atoms with Crippen LogP contribution in [0.5, 0.6) is 5.88 Å². The van der Waals surface area contributed by atoms with Crippen LogP contribution in [0.15, 0.2) is 60.7 Å². The summed E-state index contributed by atoms with van der Waals surface area (Å²) in [5.74, 6) is 2.32. The van der Waals surface area contributed by atoms with Crippen LogP contribution in [0.3, 0.4) is 0 Å². The zero-order valence-corrected chi connectivity index (χ0v) is 15.3. The van der Waals surface area contributed by atoms with Gasteiger partial charge in [0.25, 0.3) is 0 Å². The molecule has 0 aliphatic heterocycles. The summed E-state index contributed by atoms with van der Waals surface area (Å²) in [6.07, 6.45) is 6.16. The number of ether oxygens (including phenoxy) is 1. The van der Waals surface area contributed by atoms with Crippen LogP contribution in [0.25, 0.3) is 5.69 Å². The highest BCUT2D eigenvalue weighted by Gasteiger charge is 2.44. The van der Waals surface area contributed by atoms with E-state index in [1.807, 2.05) is 7.11 Å². The third-order valence-corrected chi connectivity index (χ3v) is 6.06. The molecule has 3 aromatic rings. The van der Waals surface area contributed by atoms with Crippen molar-refractivity contribution in [3.8, 4) is 11.6 Å². The molecule has 0 spiro atoms. The van der Waals surface area contributed by atoms with Gasteiger partial charge in [-0.05, 0) is 61.3 Å². The Kier molecular flexibility index (Phi) is 3.85. The van der Waals surface area contributed by atoms with Crippen LogP contribution in [0, 0.1) is 0 Å². The lowest BCUT2D eigenvalue weighted by Gasteiger charge is -2.14. The summed E-state index contributed by atoms with van der Waals surface area (Å²) in [4.78, 5) is 0. The van der Waals surface area contributed by atoms with Gasteiger partial charge in [-0.1, -0.05) is 48.5 Å². The van der Waals surface area contributed by atoms with Crippen molar-refractivity contribution in [2.45, 2.75) is 43.9 Å². The van der Waals surface area contributed by atoms with E-state index >= 15 is 0 Å². The van der Waals surface area contributed by atoms with Crippen LogP contribution in [-0.2, 0) is 12.8 Å². The van der Waals surface area contributed by atoms with Gasteiger partial charge >= 0.3 is 0 Å². The molecule has 2 aliphatic rings. The molecule has 2 aliphatic carbocycles. The summed E-state index contributed by atoms with van der Waals surface area (Å²) in [7, 11) is 1.83. The van der Waals surface area contributed by atoms with Crippen molar-refractivity contribution in [2.24, 2.45) is 0 Å². The van der Waals surface area contributed by atoms with E-state index in [0.717, 1.165) is 12.3 Å². The van der Waals surface area contributed by atoms with Gasteiger partial charge in [-0.15, -0.1) is 0 Å². The summed E-state index contributed by atoms with van der Waals surface area (Å²) in [5.41, 5.74) is 7.24. The lowest BCUT2D eigenvalue weighted by Crippen LogP contribution is -2.04. The van der Waals surface area contributed by atoms with Gasteiger partial charge in [0, 0.05) is 22.9 Å². The zero-order valence-electron chi connectivity index (χ0n) is 15.3. The Balaban J connectivity index is 1.66. The summed E-state index contributed by atoms with van der Waals surface area (Å²) >= 11 is 0. The predicted molar refractivity (Wildman–Crippen MR) is 106 cm³/mol. The fraction of sp³-hybridized carbons (Fsp3) is 0.333. The zero-order chi connectivity index (χ0) is 17.5. The lowest BCUT2D eigenvalue weighted by molar-refractivity contribution is 0.382. The largest absolute Gasteiger partial charge is 0.482 e. The fourth-order valence-corrected chi connectivity index (χ4v) is 4.81. The Morgan fingerprint density at radius 2 is 1.46 bits per heavy atom. The monoisotopic (exact) mass is 343 g/mol. The van der Waals surface area contributed by atoms with E-state index in [0.29, 0.717) is 11.8 Å². The summed E-state index contributed by atoms with van der Waals surface area (Å²) < 4.78 is 8.38. The quantitative estimate of drug-likeness (QED) is 0.598. The van der Waals surface area contributed by atoms with Gasteiger partial charge in [-0.3, -0.25) is 4.57 Å². The smallest absolute Gasteiger partial charge is 0.201 e. The molecule has 0 unspecified atom stereocenters. The van der Waals surface area contributed by atoms with Crippen LogP contribution >= 0.6 is 0 Å². The molecule has 0 N–H and O–H groups in total. The Morgan fingerprint density at radius 3 is 2.15 bits per heavy atom. The first-order chi connectivity index (χ1) is 12.9. The molecule has 132 valence electrons. The van der Waals surface area contributed by atoms with E-state index in [2.05, 4.69) is 65.2 Å². The standard InChI is InChI=1S/C24H25NO/c1-26-24-20-15-9-8-14-19(20)23(25(24)18-12-6-3-7-13-18)22-16-21(22)17-10-4-2-5-11-17/h2-7,10-13,21-22H,8-9,14-16H2,1H3/t21-,22+/m1/s1. The van der Waals surface area contributed by atoms with E-state index in [1.165, 1.54) is 48.2 Å². The molecule has 1 saturated carbocycles. The number of hydrogen-bond acceptors (Lipinski definition) is 1. The summed E-state index contributed by atoms with van der Waals surface area (Å²) in [5, 5.41) is 0. The number of aromatic nitrogens is 1. The lowest BCUT2D eigenvalue weighted by atomic mass is 9.92. The molecule has 1 aromatic heterocycles. The second-order valence-electron chi connectivity index (χ2n) is 7.59. The fourth-order valence-electron chi connectivity index (χ4n) is 4.81. The average molecular weight is 343 g/mol. The van der Waals surface area contributed by atoms with Gasteiger partial charge in [-0.25, -0.2) is 0 Å². The van der Waals surface area contributed by atoms with Crippen molar-refractivity contribution in [1.82, 2.24) is 4.57 Å². The van der Waals surface area contributed by atoms with Crippen molar-refractivity contribution in [3.63, 3.8) is 0 Å². The minimum atomic E-state index is 0.605. The van der Waals surface area contributed by atoms with E-state index < -0.39 is 0 Å². The maximum absolute atomic E-state index is 5.96. The second-order valence-corrected chi connectivity index (χ2v) is 7.59. The number of para-hydroxylation sites is 1. The number of benzene rings is 2.